The topological polar surface area (TPSA) is 41.1 Å². The lowest BCUT2D eigenvalue weighted by atomic mass is 10.1. The number of carbonyl (C=O) groups is 1. The molecule has 3 aromatic rings. The lowest BCUT2D eigenvalue weighted by Gasteiger charge is -2.09. The molecule has 2 N–H and O–H groups in total. The molecule has 0 spiro atoms. The zero-order valence-electron chi connectivity index (χ0n) is 13.7. The Morgan fingerprint density at radius 3 is 2.12 bits per heavy atom. The maximum absolute atomic E-state index is 12.1. The van der Waals surface area contributed by atoms with Gasteiger partial charge in [0.2, 0.25) is 0 Å². The zero-order valence-corrected chi connectivity index (χ0v) is 14.5. The van der Waals surface area contributed by atoms with Gasteiger partial charge in [0.15, 0.2) is 0 Å². The lowest BCUT2D eigenvalue weighted by molar-refractivity contribution is 0.102. The minimum absolute atomic E-state index is 0.107. The smallest absolute Gasteiger partial charge is 0.255 e. The summed E-state index contributed by atoms with van der Waals surface area (Å²) in [4.78, 5) is 12.1. The molecule has 3 rings (SSSR count). The third kappa shape index (κ3) is 5.10. The Bertz CT molecular complexity index is 815. The van der Waals surface area contributed by atoms with Gasteiger partial charge in [-0.15, -0.1) is 0 Å². The number of halogens is 1. The molecule has 0 aromatic heterocycles. The van der Waals surface area contributed by atoms with E-state index < -0.39 is 0 Å². The van der Waals surface area contributed by atoms with Gasteiger partial charge in [0.05, 0.1) is 0 Å². The molecule has 0 aliphatic heterocycles. The fourth-order valence-electron chi connectivity index (χ4n) is 2.47. The molecular formula is C21H19ClN2O. The van der Waals surface area contributed by atoms with Gasteiger partial charge in [-0.2, -0.15) is 0 Å². The van der Waals surface area contributed by atoms with Crippen LogP contribution in [0, 0.1) is 0 Å². The van der Waals surface area contributed by atoms with Crippen molar-refractivity contribution in [3.63, 3.8) is 0 Å². The van der Waals surface area contributed by atoms with Crippen molar-refractivity contribution >= 4 is 28.9 Å². The first kappa shape index (κ1) is 17.1. The Balaban J connectivity index is 1.50. The highest BCUT2D eigenvalue weighted by molar-refractivity contribution is 6.30. The largest absolute Gasteiger partial charge is 0.385 e. The molecule has 0 unspecified atom stereocenters. The summed E-state index contributed by atoms with van der Waals surface area (Å²) in [6.45, 7) is 0.831. The van der Waals surface area contributed by atoms with E-state index in [2.05, 4.69) is 10.6 Å². The van der Waals surface area contributed by atoms with Gasteiger partial charge in [0.1, 0.15) is 0 Å². The van der Waals surface area contributed by atoms with Gasteiger partial charge in [-0.3, -0.25) is 4.79 Å². The molecule has 0 bridgehead atoms. The Labute approximate surface area is 152 Å². The van der Waals surface area contributed by atoms with Crippen LogP contribution in [0.5, 0.6) is 0 Å². The maximum Gasteiger partial charge on any atom is 0.255 e. The summed E-state index contributed by atoms with van der Waals surface area (Å²) in [6, 6.07) is 24.8. The molecule has 0 saturated carbocycles. The molecule has 0 heterocycles. The summed E-state index contributed by atoms with van der Waals surface area (Å²) in [5.74, 6) is -0.107. The van der Waals surface area contributed by atoms with Crippen LogP contribution in [-0.2, 0) is 6.42 Å². The molecule has 0 atom stereocenters. The Kier molecular flexibility index (Phi) is 5.70. The summed E-state index contributed by atoms with van der Waals surface area (Å²) >= 11 is 5.89. The number of benzene rings is 3. The second kappa shape index (κ2) is 8.36. The van der Waals surface area contributed by atoms with Gasteiger partial charge in [-0.05, 0) is 60.5 Å². The van der Waals surface area contributed by atoms with Crippen LogP contribution in [0.4, 0.5) is 11.4 Å². The van der Waals surface area contributed by atoms with Crippen LogP contribution in [0.15, 0.2) is 78.9 Å². The van der Waals surface area contributed by atoms with E-state index in [4.69, 9.17) is 11.6 Å². The van der Waals surface area contributed by atoms with Crippen LogP contribution in [0.3, 0.4) is 0 Å². The minimum Gasteiger partial charge on any atom is -0.385 e. The number of hydrogen-bond donors (Lipinski definition) is 2. The van der Waals surface area contributed by atoms with Crippen molar-refractivity contribution in [2.24, 2.45) is 0 Å². The lowest BCUT2D eigenvalue weighted by Crippen LogP contribution is -2.11. The second-order valence-corrected chi connectivity index (χ2v) is 6.14. The third-order valence-corrected chi connectivity index (χ3v) is 4.09. The molecular weight excluding hydrogens is 332 g/mol. The van der Waals surface area contributed by atoms with E-state index in [1.54, 1.807) is 12.1 Å². The average Bonchev–Trinajstić information content (AvgIpc) is 2.65. The molecule has 0 saturated heterocycles. The highest BCUT2D eigenvalue weighted by Gasteiger charge is 2.04. The normalized spacial score (nSPS) is 10.3. The number of anilines is 2. The van der Waals surface area contributed by atoms with Gasteiger partial charge in [-0.1, -0.05) is 41.9 Å². The molecule has 3 aromatic carbocycles. The fourth-order valence-corrected chi connectivity index (χ4v) is 2.59. The molecule has 0 fully saturated rings. The number of hydrogen-bond acceptors (Lipinski definition) is 2. The van der Waals surface area contributed by atoms with Crippen LogP contribution >= 0.6 is 11.6 Å². The Morgan fingerprint density at radius 1 is 0.800 bits per heavy atom. The van der Waals surface area contributed by atoms with Crippen molar-refractivity contribution in [3.8, 4) is 0 Å². The predicted octanol–water partition coefficient (Wildman–Crippen LogP) is 5.25. The summed E-state index contributed by atoms with van der Waals surface area (Å²) < 4.78 is 0. The molecule has 0 aliphatic carbocycles. The van der Waals surface area contributed by atoms with E-state index >= 15 is 0 Å². The number of rotatable bonds is 6. The monoisotopic (exact) mass is 350 g/mol. The van der Waals surface area contributed by atoms with Gasteiger partial charge in [-0.25, -0.2) is 0 Å². The summed E-state index contributed by atoms with van der Waals surface area (Å²) in [5.41, 5.74) is 3.68. The van der Waals surface area contributed by atoms with Crippen molar-refractivity contribution in [2.75, 3.05) is 17.2 Å². The van der Waals surface area contributed by atoms with E-state index in [0.29, 0.717) is 5.56 Å². The molecule has 3 nitrogen and oxygen atoms in total. The van der Waals surface area contributed by atoms with E-state index in [1.165, 1.54) is 5.56 Å². The van der Waals surface area contributed by atoms with Crippen LogP contribution in [0.25, 0.3) is 0 Å². The van der Waals surface area contributed by atoms with Gasteiger partial charge >= 0.3 is 0 Å². The van der Waals surface area contributed by atoms with E-state index in [1.807, 2.05) is 66.7 Å². The number of amides is 1. The summed E-state index contributed by atoms with van der Waals surface area (Å²) in [5, 5.41) is 7.02. The van der Waals surface area contributed by atoms with E-state index in [9.17, 15) is 4.79 Å². The molecule has 0 radical (unpaired) electrons. The van der Waals surface area contributed by atoms with Gasteiger partial charge < -0.3 is 10.6 Å². The number of nitrogens with one attached hydrogen (secondary N) is 2. The SMILES string of the molecule is O=C(Nc1ccc(NCCc2ccc(Cl)cc2)cc1)c1ccccc1. The Hall–Kier alpha value is -2.78. The highest BCUT2D eigenvalue weighted by Crippen LogP contribution is 2.15. The Morgan fingerprint density at radius 2 is 1.44 bits per heavy atom. The first-order valence-corrected chi connectivity index (χ1v) is 8.53. The predicted molar refractivity (Wildman–Crippen MR) is 104 cm³/mol. The van der Waals surface area contributed by atoms with Crippen LogP contribution in [0.1, 0.15) is 15.9 Å². The minimum atomic E-state index is -0.107. The fraction of sp³-hybridized carbons (Fsp3) is 0.0952. The second-order valence-electron chi connectivity index (χ2n) is 5.70. The van der Waals surface area contributed by atoms with E-state index in [0.717, 1.165) is 29.4 Å². The summed E-state index contributed by atoms with van der Waals surface area (Å²) in [7, 11) is 0. The van der Waals surface area contributed by atoms with Crippen molar-refractivity contribution in [1.29, 1.82) is 0 Å². The van der Waals surface area contributed by atoms with Gasteiger partial charge in [0, 0.05) is 28.5 Å². The van der Waals surface area contributed by atoms with Crippen LogP contribution in [-0.4, -0.2) is 12.5 Å². The maximum atomic E-state index is 12.1. The average molecular weight is 351 g/mol. The molecule has 0 aliphatic rings. The zero-order chi connectivity index (χ0) is 17.5. The van der Waals surface area contributed by atoms with Crippen molar-refractivity contribution in [1.82, 2.24) is 0 Å². The number of carbonyl (C=O) groups excluding carboxylic acids is 1. The van der Waals surface area contributed by atoms with Crippen LogP contribution < -0.4 is 10.6 Å². The summed E-state index contributed by atoms with van der Waals surface area (Å²) in [6.07, 6.45) is 0.920. The van der Waals surface area contributed by atoms with Crippen LogP contribution in [0.2, 0.25) is 5.02 Å². The first-order valence-electron chi connectivity index (χ1n) is 8.15. The molecule has 4 heteroatoms. The van der Waals surface area contributed by atoms with Crippen molar-refractivity contribution in [2.45, 2.75) is 6.42 Å². The van der Waals surface area contributed by atoms with Crippen molar-refractivity contribution in [3.05, 3.63) is 95.0 Å². The molecule has 25 heavy (non-hydrogen) atoms. The van der Waals surface area contributed by atoms with Crippen molar-refractivity contribution < 1.29 is 4.79 Å². The highest BCUT2D eigenvalue weighted by atomic mass is 35.5. The van der Waals surface area contributed by atoms with E-state index in [-0.39, 0.29) is 5.91 Å². The molecule has 1 amide bonds. The first-order chi connectivity index (χ1) is 12.2. The molecule has 126 valence electrons. The quantitative estimate of drug-likeness (QED) is 0.637. The standard InChI is InChI=1S/C21H19ClN2O/c22-18-8-6-16(7-9-18)14-15-23-19-10-12-20(13-11-19)24-21(25)17-4-2-1-3-5-17/h1-13,23H,14-15H2,(H,24,25). The third-order valence-electron chi connectivity index (χ3n) is 3.83. The van der Waals surface area contributed by atoms with Gasteiger partial charge in [0.25, 0.3) is 5.91 Å².